The number of thiazole rings is 1. The molecule has 17 heavy (non-hydrogen) atoms. The number of nitrogens with zero attached hydrogens (tertiary/aromatic N) is 2. The van der Waals surface area contributed by atoms with Gasteiger partial charge in [0, 0.05) is 34.9 Å². The average Bonchev–Trinajstić information content (AvgIpc) is 2.82. The molecule has 0 aliphatic heterocycles. The maximum Gasteiger partial charge on any atom is 0.125 e. The van der Waals surface area contributed by atoms with Crippen molar-refractivity contribution < 1.29 is 0 Å². The largest absolute Gasteiger partial charge is 0.346 e. The minimum atomic E-state index is 0.484. The van der Waals surface area contributed by atoms with Gasteiger partial charge in [-0.1, -0.05) is 0 Å². The molecule has 2 heterocycles. The van der Waals surface area contributed by atoms with Crippen LogP contribution in [0.1, 0.15) is 37.0 Å². The van der Waals surface area contributed by atoms with Crippen molar-refractivity contribution in [2.45, 2.75) is 40.3 Å². The van der Waals surface area contributed by atoms with Crippen molar-refractivity contribution in [2.24, 2.45) is 5.73 Å². The van der Waals surface area contributed by atoms with E-state index < -0.39 is 0 Å². The van der Waals surface area contributed by atoms with E-state index in [4.69, 9.17) is 5.73 Å². The van der Waals surface area contributed by atoms with Crippen LogP contribution in [0.25, 0.3) is 10.6 Å². The van der Waals surface area contributed by atoms with Gasteiger partial charge < -0.3 is 10.3 Å². The Morgan fingerprint density at radius 1 is 1.41 bits per heavy atom. The summed E-state index contributed by atoms with van der Waals surface area (Å²) in [6.07, 6.45) is 0. The van der Waals surface area contributed by atoms with Crippen molar-refractivity contribution in [1.82, 2.24) is 9.55 Å². The molecule has 0 aliphatic rings. The number of nitrogens with two attached hydrogens (primary N) is 1. The smallest absolute Gasteiger partial charge is 0.125 e. The van der Waals surface area contributed by atoms with Crippen LogP contribution in [0.2, 0.25) is 0 Å². The van der Waals surface area contributed by atoms with Gasteiger partial charge >= 0.3 is 0 Å². The Hall–Kier alpha value is -1.13. The molecule has 0 spiro atoms. The molecule has 2 aromatic heterocycles. The molecule has 3 nitrogen and oxygen atoms in total. The van der Waals surface area contributed by atoms with E-state index in [0.29, 0.717) is 12.6 Å². The van der Waals surface area contributed by atoms with E-state index in [-0.39, 0.29) is 0 Å². The molecule has 0 amide bonds. The molecule has 0 aliphatic carbocycles. The monoisotopic (exact) mass is 249 g/mol. The Morgan fingerprint density at radius 2 is 2.12 bits per heavy atom. The molecule has 0 fully saturated rings. The van der Waals surface area contributed by atoms with Crippen molar-refractivity contribution in [3.05, 3.63) is 28.5 Å². The molecule has 0 bridgehead atoms. The molecule has 0 saturated carbocycles. The van der Waals surface area contributed by atoms with Crippen LogP contribution < -0.4 is 5.73 Å². The maximum atomic E-state index is 5.60. The fourth-order valence-corrected chi connectivity index (χ4v) is 3.21. The van der Waals surface area contributed by atoms with Gasteiger partial charge in [0.25, 0.3) is 0 Å². The third kappa shape index (κ3) is 2.15. The fraction of sp³-hybridized carbons (Fsp3) is 0.462. The van der Waals surface area contributed by atoms with Crippen LogP contribution >= 0.6 is 11.3 Å². The standard InChI is InChI=1S/C13H19N3S/c1-8(2)16-9(3)5-12(10(16)4)13-15-11(6-14)7-17-13/h5,7-8H,6,14H2,1-4H3. The summed E-state index contributed by atoms with van der Waals surface area (Å²) in [6.45, 7) is 9.23. The molecule has 0 atom stereocenters. The molecule has 4 heteroatoms. The molecule has 0 aromatic carbocycles. The number of aryl methyl sites for hydroxylation is 1. The minimum Gasteiger partial charge on any atom is -0.346 e. The first-order valence-electron chi connectivity index (χ1n) is 5.87. The second kappa shape index (κ2) is 4.63. The number of hydrogen-bond acceptors (Lipinski definition) is 3. The SMILES string of the molecule is Cc1cc(-c2nc(CN)cs2)c(C)n1C(C)C. The van der Waals surface area contributed by atoms with Gasteiger partial charge in [0.05, 0.1) is 5.69 Å². The third-order valence-electron chi connectivity index (χ3n) is 2.99. The third-order valence-corrected chi connectivity index (χ3v) is 3.92. The van der Waals surface area contributed by atoms with E-state index >= 15 is 0 Å². The van der Waals surface area contributed by atoms with Gasteiger partial charge in [-0.05, 0) is 33.8 Å². The zero-order chi connectivity index (χ0) is 12.6. The van der Waals surface area contributed by atoms with Gasteiger partial charge in [-0.2, -0.15) is 0 Å². The van der Waals surface area contributed by atoms with E-state index in [1.165, 1.54) is 17.0 Å². The molecule has 0 saturated heterocycles. The van der Waals surface area contributed by atoms with Crippen molar-refractivity contribution >= 4 is 11.3 Å². The molecule has 0 unspecified atom stereocenters. The first kappa shape index (κ1) is 12.3. The first-order valence-corrected chi connectivity index (χ1v) is 6.75. The lowest BCUT2D eigenvalue weighted by Crippen LogP contribution is -2.04. The van der Waals surface area contributed by atoms with Gasteiger partial charge in [-0.25, -0.2) is 4.98 Å². The van der Waals surface area contributed by atoms with Gasteiger partial charge in [-0.3, -0.25) is 0 Å². The highest BCUT2D eigenvalue weighted by molar-refractivity contribution is 7.13. The van der Waals surface area contributed by atoms with E-state index in [9.17, 15) is 0 Å². The highest BCUT2D eigenvalue weighted by atomic mass is 32.1. The van der Waals surface area contributed by atoms with Crippen LogP contribution in [-0.4, -0.2) is 9.55 Å². The molecule has 0 radical (unpaired) electrons. The first-order chi connectivity index (χ1) is 8.04. The molecular formula is C13H19N3S. The van der Waals surface area contributed by atoms with E-state index in [1.54, 1.807) is 11.3 Å². The Labute approximate surface area is 106 Å². The Bertz CT molecular complexity index is 523. The number of hydrogen-bond donors (Lipinski definition) is 1. The van der Waals surface area contributed by atoms with Crippen LogP contribution in [0.3, 0.4) is 0 Å². The summed E-state index contributed by atoms with van der Waals surface area (Å²) in [5.74, 6) is 0. The van der Waals surface area contributed by atoms with Gasteiger partial charge in [0.15, 0.2) is 0 Å². The Kier molecular flexibility index (Phi) is 3.35. The maximum absolute atomic E-state index is 5.60. The van der Waals surface area contributed by atoms with Crippen LogP contribution in [0.4, 0.5) is 0 Å². The van der Waals surface area contributed by atoms with Crippen molar-refractivity contribution in [1.29, 1.82) is 0 Å². The summed E-state index contributed by atoms with van der Waals surface area (Å²) in [4.78, 5) is 4.55. The number of aromatic nitrogens is 2. The van der Waals surface area contributed by atoms with Gasteiger partial charge in [0.2, 0.25) is 0 Å². The van der Waals surface area contributed by atoms with Crippen molar-refractivity contribution in [3.8, 4) is 10.6 Å². The topological polar surface area (TPSA) is 43.8 Å². The quantitative estimate of drug-likeness (QED) is 0.907. The summed E-state index contributed by atoms with van der Waals surface area (Å²) in [6, 6.07) is 2.70. The molecule has 2 N–H and O–H groups in total. The van der Waals surface area contributed by atoms with Crippen molar-refractivity contribution in [2.75, 3.05) is 0 Å². The lowest BCUT2D eigenvalue weighted by molar-refractivity contribution is 0.575. The number of rotatable bonds is 3. The van der Waals surface area contributed by atoms with Crippen LogP contribution in [-0.2, 0) is 6.54 Å². The second-order valence-corrected chi connectivity index (χ2v) is 5.45. The summed E-state index contributed by atoms with van der Waals surface area (Å²) in [5.41, 5.74) is 10.4. The minimum absolute atomic E-state index is 0.484. The van der Waals surface area contributed by atoms with Crippen LogP contribution in [0.15, 0.2) is 11.4 Å². The highest BCUT2D eigenvalue weighted by Gasteiger charge is 2.15. The molecule has 2 aromatic rings. The summed E-state index contributed by atoms with van der Waals surface area (Å²) in [5, 5.41) is 3.11. The van der Waals surface area contributed by atoms with Crippen LogP contribution in [0, 0.1) is 13.8 Å². The summed E-state index contributed by atoms with van der Waals surface area (Å²) < 4.78 is 2.35. The predicted molar refractivity (Wildman–Crippen MR) is 73.3 cm³/mol. The second-order valence-electron chi connectivity index (χ2n) is 4.60. The average molecular weight is 249 g/mol. The summed E-state index contributed by atoms with van der Waals surface area (Å²) >= 11 is 1.67. The predicted octanol–water partition coefficient (Wildman–Crippen LogP) is 3.27. The lowest BCUT2D eigenvalue weighted by atomic mass is 10.2. The summed E-state index contributed by atoms with van der Waals surface area (Å²) in [7, 11) is 0. The van der Waals surface area contributed by atoms with Crippen molar-refractivity contribution in [3.63, 3.8) is 0 Å². The molecular weight excluding hydrogens is 230 g/mol. The molecule has 2 rings (SSSR count). The van der Waals surface area contributed by atoms with E-state index in [2.05, 4.69) is 43.3 Å². The van der Waals surface area contributed by atoms with Gasteiger partial charge in [-0.15, -0.1) is 11.3 Å². The Balaban J connectivity index is 2.49. The lowest BCUT2D eigenvalue weighted by Gasteiger charge is -2.13. The van der Waals surface area contributed by atoms with Crippen LogP contribution in [0.5, 0.6) is 0 Å². The van der Waals surface area contributed by atoms with E-state index in [0.717, 1.165) is 10.7 Å². The zero-order valence-corrected chi connectivity index (χ0v) is 11.6. The Morgan fingerprint density at radius 3 is 2.59 bits per heavy atom. The normalized spacial score (nSPS) is 11.4. The van der Waals surface area contributed by atoms with Gasteiger partial charge in [0.1, 0.15) is 5.01 Å². The zero-order valence-electron chi connectivity index (χ0n) is 10.8. The van der Waals surface area contributed by atoms with E-state index in [1.807, 2.05) is 5.38 Å². The fourth-order valence-electron chi connectivity index (χ4n) is 2.31. The molecule has 92 valence electrons. The highest BCUT2D eigenvalue weighted by Crippen LogP contribution is 2.31.